The molecule has 0 bridgehead atoms. The lowest BCUT2D eigenvalue weighted by molar-refractivity contribution is 0.195. The van der Waals surface area contributed by atoms with E-state index < -0.39 is 11.6 Å². The second-order valence-electron chi connectivity index (χ2n) is 5.04. The molecule has 0 fully saturated rings. The molecule has 0 unspecified atom stereocenters. The number of fused-ring (bicyclic) bond motifs is 1. The Kier molecular flexibility index (Phi) is 2.58. The van der Waals surface area contributed by atoms with Gasteiger partial charge in [-0.25, -0.2) is 4.79 Å². The Morgan fingerprint density at radius 3 is 2.59 bits per heavy atom. The first-order valence-corrected chi connectivity index (χ1v) is 5.50. The number of nitrogens with zero attached hydrogens (tertiary/aromatic N) is 1. The van der Waals surface area contributed by atoms with E-state index in [1.807, 2.05) is 51.2 Å². The van der Waals surface area contributed by atoms with E-state index in [1.54, 1.807) is 0 Å². The molecular formula is C13H16N2O2. The van der Waals surface area contributed by atoms with Gasteiger partial charge in [0.2, 0.25) is 0 Å². The average Bonchev–Trinajstić information content (AvgIpc) is 2.61. The van der Waals surface area contributed by atoms with Gasteiger partial charge in [-0.2, -0.15) is 0 Å². The summed E-state index contributed by atoms with van der Waals surface area (Å²) in [6.07, 6.45) is 0.906. The van der Waals surface area contributed by atoms with Crippen molar-refractivity contribution in [1.29, 1.82) is 0 Å². The number of H-pyrrole nitrogens is 1. The van der Waals surface area contributed by atoms with E-state index in [0.717, 1.165) is 10.9 Å². The van der Waals surface area contributed by atoms with Crippen LogP contribution in [-0.2, 0) is 0 Å². The predicted octanol–water partition coefficient (Wildman–Crippen LogP) is 3.45. The molecule has 2 aromatic rings. The molecule has 1 heterocycles. The van der Waals surface area contributed by atoms with Crippen molar-refractivity contribution in [2.45, 2.75) is 26.3 Å². The lowest BCUT2D eigenvalue weighted by Gasteiger charge is -2.33. The third-order valence-electron chi connectivity index (χ3n) is 2.66. The Morgan fingerprint density at radius 2 is 2.00 bits per heavy atom. The maximum atomic E-state index is 11.3. The van der Waals surface area contributed by atoms with Crippen LogP contribution in [0.25, 0.3) is 10.9 Å². The van der Waals surface area contributed by atoms with Crippen molar-refractivity contribution >= 4 is 22.7 Å². The minimum atomic E-state index is -0.938. The van der Waals surface area contributed by atoms with Crippen LogP contribution in [0, 0.1) is 0 Å². The average molecular weight is 232 g/mol. The molecule has 4 heteroatoms. The highest BCUT2D eigenvalue weighted by Crippen LogP contribution is 2.27. The molecule has 17 heavy (non-hydrogen) atoms. The van der Waals surface area contributed by atoms with E-state index in [0.29, 0.717) is 5.69 Å². The fraction of sp³-hybridized carbons (Fsp3) is 0.308. The minimum Gasteiger partial charge on any atom is -0.465 e. The van der Waals surface area contributed by atoms with Crippen LogP contribution in [0.5, 0.6) is 0 Å². The summed E-state index contributed by atoms with van der Waals surface area (Å²) in [5, 5.41) is 10.3. The number of aromatic amines is 1. The van der Waals surface area contributed by atoms with Crippen LogP contribution in [-0.4, -0.2) is 21.7 Å². The van der Waals surface area contributed by atoms with E-state index in [2.05, 4.69) is 4.98 Å². The predicted molar refractivity (Wildman–Crippen MR) is 68.6 cm³/mol. The summed E-state index contributed by atoms with van der Waals surface area (Å²) >= 11 is 0. The zero-order valence-corrected chi connectivity index (χ0v) is 10.2. The summed E-state index contributed by atoms with van der Waals surface area (Å²) in [5.41, 5.74) is 1.24. The monoisotopic (exact) mass is 232 g/mol. The Bertz CT molecular complexity index is 552. The van der Waals surface area contributed by atoms with Crippen molar-refractivity contribution in [3.05, 3.63) is 30.5 Å². The highest BCUT2D eigenvalue weighted by Gasteiger charge is 2.27. The molecule has 0 aliphatic carbocycles. The SMILES string of the molecule is CC(C)(C)N(C(=O)O)c1ccc2[nH]ccc2c1. The fourth-order valence-corrected chi connectivity index (χ4v) is 1.96. The van der Waals surface area contributed by atoms with E-state index in [-0.39, 0.29) is 0 Å². The van der Waals surface area contributed by atoms with E-state index in [4.69, 9.17) is 0 Å². The van der Waals surface area contributed by atoms with Crippen LogP contribution < -0.4 is 4.90 Å². The van der Waals surface area contributed by atoms with Crippen LogP contribution in [0.1, 0.15) is 20.8 Å². The van der Waals surface area contributed by atoms with E-state index in [1.165, 1.54) is 4.90 Å². The first-order chi connectivity index (χ1) is 7.89. The van der Waals surface area contributed by atoms with Crippen LogP contribution >= 0.6 is 0 Å². The third kappa shape index (κ3) is 2.11. The quantitative estimate of drug-likeness (QED) is 0.791. The molecular weight excluding hydrogens is 216 g/mol. The van der Waals surface area contributed by atoms with Crippen LogP contribution in [0.2, 0.25) is 0 Å². The van der Waals surface area contributed by atoms with Crippen molar-refractivity contribution in [2.24, 2.45) is 0 Å². The fourth-order valence-electron chi connectivity index (χ4n) is 1.96. The summed E-state index contributed by atoms with van der Waals surface area (Å²) in [6, 6.07) is 7.53. The maximum absolute atomic E-state index is 11.3. The Balaban J connectivity index is 2.52. The van der Waals surface area contributed by atoms with Gasteiger partial charge in [0.05, 0.1) is 0 Å². The molecule has 0 saturated heterocycles. The summed E-state index contributed by atoms with van der Waals surface area (Å²) in [5.74, 6) is 0. The molecule has 2 N–H and O–H groups in total. The molecule has 0 spiro atoms. The van der Waals surface area contributed by atoms with Gasteiger partial charge >= 0.3 is 6.09 Å². The zero-order valence-electron chi connectivity index (χ0n) is 10.2. The van der Waals surface area contributed by atoms with Gasteiger partial charge in [-0.1, -0.05) is 0 Å². The summed E-state index contributed by atoms with van der Waals surface area (Å²) in [4.78, 5) is 15.8. The number of hydrogen-bond acceptors (Lipinski definition) is 1. The van der Waals surface area contributed by atoms with Gasteiger partial charge in [0.1, 0.15) is 0 Å². The highest BCUT2D eigenvalue weighted by molar-refractivity contribution is 5.92. The molecule has 0 saturated carbocycles. The largest absolute Gasteiger partial charge is 0.465 e. The number of anilines is 1. The van der Waals surface area contributed by atoms with Crippen molar-refractivity contribution in [2.75, 3.05) is 4.90 Å². The van der Waals surface area contributed by atoms with Gasteiger partial charge in [0, 0.05) is 28.3 Å². The Morgan fingerprint density at radius 1 is 1.29 bits per heavy atom. The summed E-state index contributed by atoms with van der Waals surface area (Å²) in [6.45, 7) is 5.63. The van der Waals surface area contributed by atoms with Crippen molar-refractivity contribution < 1.29 is 9.90 Å². The molecule has 1 aromatic heterocycles. The number of benzene rings is 1. The van der Waals surface area contributed by atoms with Crippen molar-refractivity contribution in [3.8, 4) is 0 Å². The smallest absolute Gasteiger partial charge is 0.412 e. The number of nitrogens with one attached hydrogen (secondary N) is 1. The van der Waals surface area contributed by atoms with Crippen LogP contribution in [0.3, 0.4) is 0 Å². The number of amides is 1. The van der Waals surface area contributed by atoms with Gasteiger partial charge in [-0.05, 0) is 45.0 Å². The maximum Gasteiger partial charge on any atom is 0.412 e. The molecule has 0 aliphatic heterocycles. The highest BCUT2D eigenvalue weighted by atomic mass is 16.4. The normalized spacial score (nSPS) is 11.7. The van der Waals surface area contributed by atoms with Gasteiger partial charge in [0.15, 0.2) is 0 Å². The first-order valence-electron chi connectivity index (χ1n) is 5.50. The van der Waals surface area contributed by atoms with Crippen molar-refractivity contribution in [3.63, 3.8) is 0 Å². The van der Waals surface area contributed by atoms with E-state index in [9.17, 15) is 9.90 Å². The molecule has 1 aromatic carbocycles. The molecule has 1 amide bonds. The van der Waals surface area contributed by atoms with Gasteiger partial charge < -0.3 is 10.1 Å². The van der Waals surface area contributed by atoms with Gasteiger partial charge in [-0.15, -0.1) is 0 Å². The second-order valence-corrected chi connectivity index (χ2v) is 5.04. The van der Waals surface area contributed by atoms with E-state index >= 15 is 0 Å². The number of rotatable bonds is 1. The Hall–Kier alpha value is -1.97. The summed E-state index contributed by atoms with van der Waals surface area (Å²) < 4.78 is 0. The molecule has 0 radical (unpaired) electrons. The number of hydrogen-bond donors (Lipinski definition) is 2. The summed E-state index contributed by atoms with van der Waals surface area (Å²) in [7, 11) is 0. The Labute approximate surface area is 99.9 Å². The lowest BCUT2D eigenvalue weighted by Crippen LogP contribution is -2.45. The van der Waals surface area contributed by atoms with Crippen LogP contribution in [0.4, 0.5) is 10.5 Å². The molecule has 90 valence electrons. The molecule has 4 nitrogen and oxygen atoms in total. The minimum absolute atomic E-state index is 0.462. The number of carbonyl (C=O) groups is 1. The zero-order chi connectivity index (χ0) is 12.6. The molecule has 0 atom stereocenters. The molecule has 0 aliphatic rings. The third-order valence-corrected chi connectivity index (χ3v) is 2.66. The second kappa shape index (κ2) is 3.80. The topological polar surface area (TPSA) is 56.3 Å². The van der Waals surface area contributed by atoms with Crippen LogP contribution in [0.15, 0.2) is 30.5 Å². The van der Waals surface area contributed by atoms with Gasteiger partial charge in [0.25, 0.3) is 0 Å². The van der Waals surface area contributed by atoms with Gasteiger partial charge in [-0.3, -0.25) is 4.90 Å². The molecule has 2 rings (SSSR count). The number of aromatic nitrogens is 1. The van der Waals surface area contributed by atoms with Crippen molar-refractivity contribution in [1.82, 2.24) is 4.98 Å². The standard InChI is InChI=1S/C13H16N2O2/c1-13(2,3)15(12(16)17)10-4-5-11-9(8-10)6-7-14-11/h4-8,14H,1-3H3,(H,16,17). The number of carboxylic acid groups (broad SMARTS) is 1. The first kappa shape index (κ1) is 11.5. The lowest BCUT2D eigenvalue weighted by atomic mass is 10.1.